The first-order valence-corrected chi connectivity index (χ1v) is 13.1. The number of hydrogen-bond donors (Lipinski definition) is 0. The number of aryl methyl sites for hydroxylation is 1. The molecule has 1 aliphatic rings. The van der Waals surface area contributed by atoms with Crippen LogP contribution in [0.25, 0.3) is 0 Å². The number of ether oxygens (including phenoxy) is 1. The topological polar surface area (TPSA) is 88.0 Å². The molecule has 0 aliphatic carbocycles. The van der Waals surface area contributed by atoms with Gasteiger partial charge in [0.1, 0.15) is 17.5 Å². The minimum atomic E-state index is -1.59. The maximum Gasteiger partial charge on any atom is 0.325 e. The van der Waals surface area contributed by atoms with Gasteiger partial charge >= 0.3 is 6.03 Å². The molecule has 41 heavy (non-hydrogen) atoms. The first-order chi connectivity index (χ1) is 19.7. The van der Waals surface area contributed by atoms with Crippen LogP contribution in [0, 0.1) is 23.5 Å². The van der Waals surface area contributed by atoms with E-state index < -0.39 is 34.8 Å². The zero-order valence-corrected chi connectivity index (χ0v) is 23.1. The van der Waals surface area contributed by atoms with E-state index in [2.05, 4.69) is 16.9 Å². The summed E-state index contributed by atoms with van der Waals surface area (Å²) in [4.78, 5) is 42.4. The Kier molecular flexibility index (Phi) is 9.14. The minimum absolute atomic E-state index is 0.0258. The molecule has 0 saturated carbocycles. The van der Waals surface area contributed by atoms with Crippen LogP contribution in [0.4, 0.5) is 25.0 Å². The molecule has 1 unspecified atom stereocenters. The summed E-state index contributed by atoms with van der Waals surface area (Å²) < 4.78 is 37.1. The van der Waals surface area contributed by atoms with Crippen LogP contribution in [0.1, 0.15) is 30.9 Å². The van der Waals surface area contributed by atoms with Crippen molar-refractivity contribution in [1.29, 1.82) is 0 Å². The summed E-state index contributed by atoms with van der Waals surface area (Å²) in [6.45, 7) is 2.75. The van der Waals surface area contributed by atoms with E-state index in [1.54, 1.807) is 48.5 Å². The van der Waals surface area contributed by atoms with E-state index in [1.165, 1.54) is 23.8 Å². The molecule has 0 N–H and O–H groups in total. The van der Waals surface area contributed by atoms with Gasteiger partial charge in [-0.25, -0.2) is 13.6 Å². The lowest BCUT2D eigenvalue weighted by molar-refractivity contribution is -0.133. The van der Waals surface area contributed by atoms with Gasteiger partial charge in [0.25, 0.3) is 5.91 Å². The average molecular weight is 564 g/mol. The molecule has 0 spiro atoms. The number of hydrogen-bond acceptors (Lipinski definition) is 5. The van der Waals surface area contributed by atoms with Crippen molar-refractivity contribution in [3.63, 3.8) is 0 Å². The van der Waals surface area contributed by atoms with E-state index in [0.717, 1.165) is 23.5 Å². The molecule has 1 fully saturated rings. The van der Waals surface area contributed by atoms with Crippen molar-refractivity contribution in [3.8, 4) is 11.8 Å². The molecule has 3 amide bonds. The van der Waals surface area contributed by atoms with Crippen LogP contribution >= 0.6 is 0 Å². The fraction of sp³-hybridized carbons (Fsp3) is 0.333. The number of nitrogens with zero attached hydrogens (tertiary/aromatic N) is 5. The van der Waals surface area contributed by atoms with Gasteiger partial charge in [-0.15, -0.1) is 0 Å². The molecule has 1 aliphatic heterocycles. The first-order valence-electron chi connectivity index (χ1n) is 13.1. The lowest BCUT2D eigenvalue weighted by Crippen LogP contribution is -2.68. The van der Waals surface area contributed by atoms with E-state index in [-0.39, 0.29) is 25.1 Å². The van der Waals surface area contributed by atoms with Crippen molar-refractivity contribution in [1.82, 2.24) is 14.7 Å². The van der Waals surface area contributed by atoms with Crippen LogP contribution in [-0.4, -0.2) is 72.3 Å². The Labute approximate surface area is 237 Å². The number of methoxy groups -OCH3 is 1. The molecule has 1 aromatic heterocycles. The molecule has 9 nitrogen and oxygen atoms in total. The van der Waals surface area contributed by atoms with Gasteiger partial charge in [-0.05, 0) is 37.6 Å². The highest BCUT2D eigenvalue weighted by Gasteiger charge is 2.49. The molecule has 1 saturated heterocycles. The zero-order chi connectivity index (χ0) is 29.6. The Bertz CT molecular complexity index is 1460. The number of halogens is 2. The summed E-state index contributed by atoms with van der Waals surface area (Å²) in [5.74, 6) is 3.10. The monoisotopic (exact) mass is 563 g/mol. The van der Waals surface area contributed by atoms with E-state index in [1.807, 2.05) is 6.07 Å². The normalized spacial score (nSPS) is 16.8. The Morgan fingerprint density at radius 3 is 2.49 bits per heavy atom. The fourth-order valence-electron chi connectivity index (χ4n) is 4.75. The number of benzene rings is 2. The van der Waals surface area contributed by atoms with Crippen LogP contribution in [0.15, 0.2) is 54.9 Å². The van der Waals surface area contributed by atoms with Gasteiger partial charge in [0.2, 0.25) is 0 Å². The van der Waals surface area contributed by atoms with Gasteiger partial charge in [0.15, 0.2) is 11.6 Å². The molecular weight excluding hydrogens is 532 g/mol. The van der Waals surface area contributed by atoms with Crippen molar-refractivity contribution < 1.29 is 27.9 Å². The molecule has 0 bridgehead atoms. The van der Waals surface area contributed by atoms with Crippen molar-refractivity contribution in [2.24, 2.45) is 0 Å². The summed E-state index contributed by atoms with van der Waals surface area (Å²) >= 11 is 0. The van der Waals surface area contributed by atoms with Crippen molar-refractivity contribution >= 4 is 29.6 Å². The summed E-state index contributed by atoms with van der Waals surface area (Å²) in [6.07, 6.45) is 4.24. The largest absolute Gasteiger partial charge is 0.385 e. The molecule has 2 aromatic carbocycles. The maximum absolute atomic E-state index is 15.2. The predicted molar refractivity (Wildman–Crippen MR) is 149 cm³/mol. The second-order valence-corrected chi connectivity index (χ2v) is 9.81. The molecule has 0 radical (unpaired) electrons. The summed E-state index contributed by atoms with van der Waals surface area (Å²) in [5.41, 5.74) is -0.861. The minimum Gasteiger partial charge on any atom is -0.385 e. The van der Waals surface area contributed by atoms with Crippen LogP contribution in [0.5, 0.6) is 0 Å². The Hall–Kier alpha value is -4.56. The lowest BCUT2D eigenvalue weighted by atomic mass is 9.91. The second kappa shape index (κ2) is 12.7. The van der Waals surface area contributed by atoms with E-state index in [9.17, 15) is 14.4 Å². The highest BCUT2D eigenvalue weighted by Crippen LogP contribution is 2.32. The highest BCUT2D eigenvalue weighted by molar-refractivity contribution is 6.06. The van der Waals surface area contributed by atoms with E-state index >= 15 is 8.78 Å². The first kappa shape index (κ1) is 29.4. The number of piperazine rings is 1. The van der Waals surface area contributed by atoms with Gasteiger partial charge in [0, 0.05) is 64.1 Å². The van der Waals surface area contributed by atoms with Crippen molar-refractivity contribution in [3.05, 3.63) is 77.6 Å². The van der Waals surface area contributed by atoms with Crippen LogP contribution in [0.3, 0.4) is 0 Å². The Balaban J connectivity index is 1.56. The third-order valence-corrected chi connectivity index (χ3v) is 6.99. The maximum atomic E-state index is 15.2. The van der Waals surface area contributed by atoms with E-state index in [4.69, 9.17) is 4.74 Å². The average Bonchev–Trinajstić information content (AvgIpc) is 3.42. The number of aromatic nitrogens is 2. The smallest absolute Gasteiger partial charge is 0.325 e. The molecule has 3 aromatic rings. The third kappa shape index (κ3) is 6.28. The van der Waals surface area contributed by atoms with Crippen molar-refractivity contribution in [2.45, 2.75) is 31.8 Å². The SMILES string of the molecule is COCCCn1cc(N2CCN(C(=O)N(C)c3c(F)cc(C#Cc4ccccc4)cc3F)C(C)(CC=O)C2=O)cn1. The molecule has 11 heteroatoms. The van der Waals surface area contributed by atoms with Crippen LogP contribution < -0.4 is 9.80 Å². The van der Waals surface area contributed by atoms with Gasteiger partial charge in [-0.1, -0.05) is 30.0 Å². The standard InChI is InChI=1S/C30H31F2N5O4/c1-30(12-16-38)28(39)36(24-20-33-35(21-24)13-7-17-41-3)14-15-37(30)29(40)34(2)27-25(31)18-23(19-26(27)32)11-10-22-8-5-4-6-9-22/h4-6,8-9,16,18-21H,7,12-15,17H2,1-3H3. The van der Waals surface area contributed by atoms with Gasteiger partial charge in [-0.3, -0.25) is 14.4 Å². The summed E-state index contributed by atoms with van der Waals surface area (Å²) in [7, 11) is 2.83. The number of anilines is 2. The zero-order valence-electron chi connectivity index (χ0n) is 23.1. The van der Waals surface area contributed by atoms with Gasteiger partial charge < -0.3 is 19.3 Å². The molecule has 1 atom stereocenters. The van der Waals surface area contributed by atoms with Gasteiger partial charge in [-0.2, -0.15) is 5.10 Å². The lowest BCUT2D eigenvalue weighted by Gasteiger charge is -2.47. The van der Waals surface area contributed by atoms with Crippen LogP contribution in [0.2, 0.25) is 0 Å². The number of carbonyl (C=O) groups is 3. The quantitative estimate of drug-likeness (QED) is 0.236. The molecule has 214 valence electrons. The Morgan fingerprint density at radius 2 is 1.83 bits per heavy atom. The predicted octanol–water partition coefficient (Wildman–Crippen LogP) is 3.85. The van der Waals surface area contributed by atoms with Gasteiger partial charge in [0.05, 0.1) is 11.9 Å². The summed E-state index contributed by atoms with van der Waals surface area (Å²) in [6, 6.07) is 10.3. The second-order valence-electron chi connectivity index (χ2n) is 9.81. The molecule has 4 rings (SSSR count). The third-order valence-electron chi connectivity index (χ3n) is 6.99. The van der Waals surface area contributed by atoms with Crippen molar-refractivity contribution in [2.75, 3.05) is 43.7 Å². The van der Waals surface area contributed by atoms with Crippen LogP contribution in [-0.2, 0) is 20.9 Å². The number of amides is 3. The van der Waals surface area contributed by atoms with E-state index in [0.29, 0.717) is 30.7 Å². The molecular formula is C30H31F2N5O4. The Morgan fingerprint density at radius 1 is 1.15 bits per heavy atom. The number of rotatable bonds is 8. The fourth-order valence-corrected chi connectivity index (χ4v) is 4.75. The highest BCUT2D eigenvalue weighted by atomic mass is 19.1. The number of urea groups is 1. The number of aldehydes is 1. The molecule has 2 heterocycles. The number of carbonyl (C=O) groups excluding carboxylic acids is 3. The summed E-state index contributed by atoms with van der Waals surface area (Å²) in [5, 5.41) is 4.29.